The molecule has 1 saturated carbocycles. The molecule has 0 bridgehead atoms. The van der Waals surface area contributed by atoms with Crippen LogP contribution < -0.4 is 19.5 Å². The Morgan fingerprint density at radius 2 is 1.74 bits per heavy atom. The normalized spacial score (nSPS) is 14.1. The van der Waals surface area contributed by atoms with Crippen molar-refractivity contribution in [1.82, 2.24) is 10.3 Å². The average molecular weight is 439 g/mol. The molecule has 0 radical (unpaired) electrons. The number of amides is 1. The second-order valence-corrected chi connectivity index (χ2v) is 8.56. The lowest BCUT2D eigenvalue weighted by molar-refractivity contribution is 0.0935. The smallest absolute Gasteiger partial charge is 0.263 e. The summed E-state index contributed by atoms with van der Waals surface area (Å²) < 4.78 is 16.0. The molecule has 1 aliphatic rings. The van der Waals surface area contributed by atoms with Crippen LogP contribution in [-0.2, 0) is 0 Å². The number of thiazole rings is 1. The van der Waals surface area contributed by atoms with Crippen molar-refractivity contribution in [3.8, 4) is 27.8 Å². The molecular weight excluding hydrogens is 412 g/mol. The predicted octanol–water partition coefficient (Wildman–Crippen LogP) is 5.03. The summed E-state index contributed by atoms with van der Waals surface area (Å²) in [5.41, 5.74) is 2.70. The lowest BCUT2D eigenvalue weighted by Gasteiger charge is -2.19. The van der Waals surface area contributed by atoms with Gasteiger partial charge in [0, 0.05) is 5.56 Å². The zero-order chi connectivity index (χ0) is 22.0. The predicted molar refractivity (Wildman–Crippen MR) is 121 cm³/mol. The summed E-state index contributed by atoms with van der Waals surface area (Å²) in [5, 5.41) is 4.02. The van der Waals surface area contributed by atoms with E-state index >= 15 is 0 Å². The maximum Gasteiger partial charge on any atom is 0.263 e. The minimum absolute atomic E-state index is 0.00978. The lowest BCUT2D eigenvalue weighted by Crippen LogP contribution is -2.29. The fraction of sp³-hybridized carbons (Fsp3) is 0.333. The molecule has 0 spiro atoms. The number of hydrogen-bond donors (Lipinski definition) is 1. The van der Waals surface area contributed by atoms with Crippen molar-refractivity contribution in [3.05, 3.63) is 58.6 Å². The lowest BCUT2D eigenvalue weighted by atomic mass is 10.0. The van der Waals surface area contributed by atoms with Gasteiger partial charge in [-0.05, 0) is 61.6 Å². The number of ether oxygens (including phenoxy) is 3. The van der Waals surface area contributed by atoms with Crippen LogP contribution in [0.2, 0.25) is 0 Å². The molecule has 0 saturated heterocycles. The first-order chi connectivity index (χ1) is 15.0. The fourth-order valence-corrected chi connectivity index (χ4v) is 4.59. The Hall–Kier alpha value is -3.06. The quantitative estimate of drug-likeness (QED) is 0.534. The number of aryl methyl sites for hydroxylation is 1. The van der Waals surface area contributed by atoms with Crippen molar-refractivity contribution < 1.29 is 19.0 Å². The van der Waals surface area contributed by atoms with Crippen LogP contribution >= 0.6 is 11.3 Å². The Morgan fingerprint density at radius 3 is 2.35 bits per heavy atom. The van der Waals surface area contributed by atoms with Gasteiger partial charge in [-0.1, -0.05) is 12.1 Å². The molecule has 1 unspecified atom stereocenters. The van der Waals surface area contributed by atoms with Crippen LogP contribution in [0.5, 0.6) is 17.2 Å². The Kier molecular flexibility index (Phi) is 6.13. The molecule has 1 aliphatic carbocycles. The molecular formula is C24H26N2O4S. The van der Waals surface area contributed by atoms with Gasteiger partial charge in [0.1, 0.15) is 15.6 Å². The summed E-state index contributed by atoms with van der Waals surface area (Å²) in [4.78, 5) is 18.4. The number of aromatic nitrogens is 1. The summed E-state index contributed by atoms with van der Waals surface area (Å²) >= 11 is 1.39. The van der Waals surface area contributed by atoms with Gasteiger partial charge in [-0.15, -0.1) is 11.3 Å². The highest BCUT2D eigenvalue weighted by molar-refractivity contribution is 7.17. The number of nitrogens with zero attached hydrogens (tertiary/aromatic N) is 1. The van der Waals surface area contributed by atoms with E-state index in [0.29, 0.717) is 22.3 Å². The van der Waals surface area contributed by atoms with Crippen LogP contribution in [0, 0.1) is 12.8 Å². The van der Waals surface area contributed by atoms with Crippen molar-refractivity contribution in [3.63, 3.8) is 0 Å². The number of carbonyl (C=O) groups is 1. The Morgan fingerprint density at radius 1 is 1.03 bits per heavy atom. The third kappa shape index (κ3) is 4.51. The van der Waals surface area contributed by atoms with E-state index in [0.717, 1.165) is 40.4 Å². The molecule has 1 amide bonds. The molecule has 0 aliphatic heterocycles. The molecule has 7 heteroatoms. The number of rotatable bonds is 8. The molecule has 1 N–H and O–H groups in total. The summed E-state index contributed by atoms with van der Waals surface area (Å²) in [6.07, 6.45) is 2.24. The van der Waals surface area contributed by atoms with Gasteiger partial charge in [-0.25, -0.2) is 4.98 Å². The van der Waals surface area contributed by atoms with Crippen LogP contribution in [0.25, 0.3) is 10.6 Å². The zero-order valence-electron chi connectivity index (χ0n) is 18.1. The van der Waals surface area contributed by atoms with E-state index in [-0.39, 0.29) is 11.9 Å². The molecule has 2 aromatic carbocycles. The first-order valence-corrected chi connectivity index (χ1v) is 11.0. The van der Waals surface area contributed by atoms with E-state index in [1.54, 1.807) is 21.3 Å². The van der Waals surface area contributed by atoms with Crippen LogP contribution in [0.15, 0.2) is 42.5 Å². The summed E-state index contributed by atoms with van der Waals surface area (Å²) in [6, 6.07) is 13.6. The molecule has 3 aromatic rings. The van der Waals surface area contributed by atoms with Crippen LogP contribution in [-0.4, -0.2) is 32.2 Å². The molecule has 1 heterocycles. The zero-order valence-corrected chi connectivity index (χ0v) is 18.9. The summed E-state index contributed by atoms with van der Waals surface area (Å²) in [5.74, 6) is 2.48. The molecule has 1 aromatic heterocycles. The maximum absolute atomic E-state index is 13.2. The van der Waals surface area contributed by atoms with E-state index in [9.17, 15) is 4.79 Å². The number of nitrogens with one attached hydrogen (secondary N) is 1. The van der Waals surface area contributed by atoms with E-state index in [1.165, 1.54) is 11.3 Å². The molecule has 4 rings (SSSR count). The average Bonchev–Trinajstić information content (AvgIpc) is 3.57. The first-order valence-electron chi connectivity index (χ1n) is 10.2. The Labute approximate surface area is 186 Å². The second kappa shape index (κ2) is 8.98. The SMILES string of the molecule is COc1ccc(C(NC(=O)c2sc(-c3ccc(OC)c(OC)c3)nc2C)C2CC2)cc1. The van der Waals surface area contributed by atoms with Gasteiger partial charge in [-0.2, -0.15) is 0 Å². The minimum Gasteiger partial charge on any atom is -0.497 e. The van der Waals surface area contributed by atoms with Gasteiger partial charge >= 0.3 is 0 Å². The number of hydrogen-bond acceptors (Lipinski definition) is 6. The van der Waals surface area contributed by atoms with E-state index in [1.807, 2.05) is 49.4 Å². The van der Waals surface area contributed by atoms with Crippen molar-refractivity contribution in [2.75, 3.05) is 21.3 Å². The summed E-state index contributed by atoms with van der Waals surface area (Å²) in [7, 11) is 4.86. The number of methoxy groups -OCH3 is 3. The van der Waals surface area contributed by atoms with E-state index < -0.39 is 0 Å². The minimum atomic E-state index is -0.0885. The maximum atomic E-state index is 13.2. The van der Waals surface area contributed by atoms with Crippen LogP contribution in [0.4, 0.5) is 0 Å². The van der Waals surface area contributed by atoms with Crippen LogP contribution in [0.3, 0.4) is 0 Å². The molecule has 1 atom stereocenters. The van der Waals surface area contributed by atoms with Crippen LogP contribution in [0.1, 0.15) is 39.8 Å². The van der Waals surface area contributed by atoms with E-state index in [2.05, 4.69) is 10.3 Å². The monoisotopic (exact) mass is 438 g/mol. The van der Waals surface area contributed by atoms with Crippen molar-refractivity contribution >= 4 is 17.2 Å². The van der Waals surface area contributed by atoms with Gasteiger partial charge in [0.05, 0.1) is 33.1 Å². The van der Waals surface area contributed by atoms with Gasteiger partial charge in [0.2, 0.25) is 0 Å². The topological polar surface area (TPSA) is 69.7 Å². The third-order valence-corrected chi connectivity index (χ3v) is 6.69. The van der Waals surface area contributed by atoms with Gasteiger partial charge in [-0.3, -0.25) is 4.79 Å². The number of carbonyl (C=O) groups excluding carboxylic acids is 1. The molecule has 1 fully saturated rings. The Bertz CT molecular complexity index is 1070. The Balaban J connectivity index is 1.56. The van der Waals surface area contributed by atoms with Crippen molar-refractivity contribution in [1.29, 1.82) is 0 Å². The second-order valence-electron chi connectivity index (χ2n) is 7.57. The fourth-order valence-electron chi connectivity index (χ4n) is 3.62. The molecule has 162 valence electrons. The summed E-state index contributed by atoms with van der Waals surface area (Å²) in [6.45, 7) is 1.87. The van der Waals surface area contributed by atoms with Gasteiger partial charge in [0.25, 0.3) is 5.91 Å². The van der Waals surface area contributed by atoms with Crippen molar-refractivity contribution in [2.45, 2.75) is 25.8 Å². The molecule has 6 nitrogen and oxygen atoms in total. The third-order valence-electron chi connectivity index (χ3n) is 5.49. The first kappa shape index (κ1) is 21.2. The highest BCUT2D eigenvalue weighted by Crippen LogP contribution is 2.42. The number of benzene rings is 2. The molecule has 31 heavy (non-hydrogen) atoms. The van der Waals surface area contributed by atoms with E-state index in [4.69, 9.17) is 14.2 Å². The highest BCUT2D eigenvalue weighted by Gasteiger charge is 2.34. The standard InChI is InChI=1S/C24H26N2O4S/c1-14-22(31-24(25-14)17-9-12-19(29-3)20(13-17)30-4)23(27)26-21(15-5-6-15)16-7-10-18(28-2)11-8-16/h7-13,15,21H,5-6H2,1-4H3,(H,26,27). The van der Waals surface area contributed by atoms with Gasteiger partial charge < -0.3 is 19.5 Å². The largest absolute Gasteiger partial charge is 0.497 e. The van der Waals surface area contributed by atoms with Gasteiger partial charge in [0.15, 0.2) is 11.5 Å². The van der Waals surface area contributed by atoms with Crippen molar-refractivity contribution in [2.24, 2.45) is 5.92 Å². The highest BCUT2D eigenvalue weighted by atomic mass is 32.1.